The summed E-state index contributed by atoms with van der Waals surface area (Å²) in [5, 5.41) is 4.77. The predicted octanol–water partition coefficient (Wildman–Crippen LogP) is 0.514. The van der Waals surface area contributed by atoms with Crippen molar-refractivity contribution in [2.75, 3.05) is 40.3 Å². The average molecular weight is 440 g/mol. The number of carbonyl (C=O) groups is 1. The van der Waals surface area contributed by atoms with E-state index in [1.54, 1.807) is 24.3 Å². The van der Waals surface area contributed by atoms with Gasteiger partial charge in [-0.15, -0.1) is 0 Å². The Kier molecular flexibility index (Phi) is 6.37. The number of amides is 1. The van der Waals surface area contributed by atoms with E-state index in [4.69, 9.17) is 11.6 Å². The standard InChI is InChI=1S/C18H22ClN5O4S/c1-21(2)29(27,28)23-11-9-22(10-12-23)18(26)13-24-17(25)8-7-16(20-24)14-5-3-4-6-15(14)19/h3-8H,9-13H2,1-2H3. The lowest BCUT2D eigenvalue weighted by Crippen LogP contribution is -2.53. The molecule has 1 aromatic heterocycles. The molecule has 0 atom stereocenters. The Balaban J connectivity index is 1.71. The molecule has 0 aliphatic carbocycles. The number of benzene rings is 1. The van der Waals surface area contributed by atoms with Crippen molar-refractivity contribution in [2.24, 2.45) is 0 Å². The van der Waals surface area contributed by atoms with Crippen molar-refractivity contribution in [3.63, 3.8) is 0 Å². The maximum absolute atomic E-state index is 12.6. The van der Waals surface area contributed by atoms with Crippen LogP contribution >= 0.6 is 11.6 Å². The Morgan fingerprint density at radius 3 is 2.38 bits per heavy atom. The molecule has 1 saturated heterocycles. The van der Waals surface area contributed by atoms with E-state index in [0.29, 0.717) is 16.3 Å². The fraction of sp³-hybridized carbons (Fsp3) is 0.389. The Morgan fingerprint density at radius 1 is 1.10 bits per heavy atom. The lowest BCUT2D eigenvalue weighted by atomic mass is 10.1. The van der Waals surface area contributed by atoms with Gasteiger partial charge in [0.2, 0.25) is 5.91 Å². The van der Waals surface area contributed by atoms with E-state index >= 15 is 0 Å². The van der Waals surface area contributed by atoms with Gasteiger partial charge < -0.3 is 4.90 Å². The first-order chi connectivity index (χ1) is 13.7. The van der Waals surface area contributed by atoms with Crippen molar-refractivity contribution >= 4 is 27.7 Å². The summed E-state index contributed by atoms with van der Waals surface area (Å²) in [6.07, 6.45) is 0. The summed E-state index contributed by atoms with van der Waals surface area (Å²) in [5.41, 5.74) is 0.755. The smallest absolute Gasteiger partial charge is 0.281 e. The summed E-state index contributed by atoms with van der Waals surface area (Å²) in [5.74, 6) is -0.294. The number of nitrogens with zero attached hydrogens (tertiary/aromatic N) is 5. The maximum atomic E-state index is 12.6. The minimum Gasteiger partial charge on any atom is -0.338 e. The van der Waals surface area contributed by atoms with E-state index in [-0.39, 0.29) is 38.6 Å². The molecule has 1 fully saturated rings. The van der Waals surface area contributed by atoms with Crippen LogP contribution in [0.1, 0.15) is 0 Å². The number of hydrogen-bond acceptors (Lipinski definition) is 5. The first-order valence-corrected chi connectivity index (χ1v) is 10.8. The Labute approximate surface area is 174 Å². The number of hydrogen-bond donors (Lipinski definition) is 0. The van der Waals surface area contributed by atoms with Crippen molar-refractivity contribution in [3.05, 3.63) is 51.8 Å². The van der Waals surface area contributed by atoms with Gasteiger partial charge in [0.25, 0.3) is 15.8 Å². The van der Waals surface area contributed by atoms with Crippen molar-refractivity contribution < 1.29 is 13.2 Å². The zero-order valence-corrected chi connectivity index (χ0v) is 17.7. The van der Waals surface area contributed by atoms with Crippen LogP contribution in [0, 0.1) is 0 Å². The third-order valence-electron chi connectivity index (χ3n) is 4.68. The van der Waals surface area contributed by atoms with Gasteiger partial charge in [0.05, 0.1) is 10.7 Å². The lowest BCUT2D eigenvalue weighted by molar-refractivity contribution is -0.133. The molecule has 1 aromatic carbocycles. The van der Waals surface area contributed by atoms with Gasteiger partial charge in [0.15, 0.2) is 0 Å². The van der Waals surface area contributed by atoms with Crippen molar-refractivity contribution in [2.45, 2.75) is 6.54 Å². The first-order valence-electron chi connectivity index (χ1n) is 8.98. The van der Waals surface area contributed by atoms with Crippen LogP contribution in [0.4, 0.5) is 0 Å². The number of halogens is 1. The second kappa shape index (κ2) is 8.62. The number of carbonyl (C=O) groups excluding carboxylic acids is 1. The van der Waals surface area contributed by atoms with Gasteiger partial charge in [-0.05, 0) is 12.1 Å². The number of piperazine rings is 1. The highest BCUT2D eigenvalue weighted by atomic mass is 35.5. The average Bonchev–Trinajstić information content (AvgIpc) is 2.70. The Bertz CT molecular complexity index is 1060. The molecule has 1 aliphatic rings. The van der Waals surface area contributed by atoms with Gasteiger partial charge >= 0.3 is 0 Å². The van der Waals surface area contributed by atoms with Crippen LogP contribution in [0.3, 0.4) is 0 Å². The number of aromatic nitrogens is 2. The largest absolute Gasteiger partial charge is 0.338 e. The Morgan fingerprint density at radius 2 is 1.76 bits per heavy atom. The van der Waals surface area contributed by atoms with Gasteiger partial charge in [-0.1, -0.05) is 29.8 Å². The summed E-state index contributed by atoms with van der Waals surface area (Å²) in [4.78, 5) is 26.4. The SMILES string of the molecule is CN(C)S(=O)(=O)N1CCN(C(=O)Cn2nc(-c3ccccc3Cl)ccc2=O)CC1. The monoisotopic (exact) mass is 439 g/mol. The molecular weight excluding hydrogens is 418 g/mol. The molecular formula is C18H22ClN5O4S. The zero-order valence-electron chi connectivity index (χ0n) is 16.2. The highest BCUT2D eigenvalue weighted by molar-refractivity contribution is 7.86. The summed E-state index contributed by atoms with van der Waals surface area (Å²) in [6.45, 7) is 0.690. The molecule has 2 aromatic rings. The first kappa shape index (κ1) is 21.4. The molecule has 0 spiro atoms. The van der Waals surface area contributed by atoms with Gasteiger partial charge in [0.1, 0.15) is 6.54 Å². The lowest BCUT2D eigenvalue weighted by Gasteiger charge is -2.35. The molecule has 1 aliphatic heterocycles. The highest BCUT2D eigenvalue weighted by Crippen LogP contribution is 2.24. The minimum absolute atomic E-state index is 0.203. The molecule has 3 rings (SSSR count). The van der Waals surface area contributed by atoms with E-state index in [9.17, 15) is 18.0 Å². The van der Waals surface area contributed by atoms with Gasteiger partial charge in [-0.2, -0.15) is 22.1 Å². The molecule has 0 radical (unpaired) electrons. The van der Waals surface area contributed by atoms with Crippen molar-refractivity contribution in [1.82, 2.24) is 23.3 Å². The summed E-state index contributed by atoms with van der Waals surface area (Å²) < 4.78 is 27.9. The van der Waals surface area contributed by atoms with Crippen LogP contribution in [0.2, 0.25) is 5.02 Å². The molecule has 1 amide bonds. The second-order valence-corrected chi connectivity index (χ2v) is 9.31. The summed E-state index contributed by atoms with van der Waals surface area (Å²) >= 11 is 6.19. The molecule has 0 saturated carbocycles. The fourth-order valence-corrected chi connectivity index (χ4v) is 4.32. The molecule has 29 heavy (non-hydrogen) atoms. The van der Waals surface area contributed by atoms with Crippen molar-refractivity contribution in [1.29, 1.82) is 0 Å². The second-order valence-electron chi connectivity index (χ2n) is 6.76. The molecule has 9 nitrogen and oxygen atoms in total. The predicted molar refractivity (Wildman–Crippen MR) is 110 cm³/mol. The quantitative estimate of drug-likeness (QED) is 0.676. The van der Waals surface area contributed by atoms with Crippen LogP contribution in [0.15, 0.2) is 41.2 Å². The third kappa shape index (κ3) is 4.67. The summed E-state index contributed by atoms with van der Waals surface area (Å²) in [7, 11) is -0.568. The Hall–Kier alpha value is -2.27. The zero-order chi connectivity index (χ0) is 21.2. The van der Waals surface area contributed by atoms with E-state index in [1.807, 2.05) is 6.07 Å². The van der Waals surface area contributed by atoms with Crippen LogP contribution < -0.4 is 5.56 Å². The van der Waals surface area contributed by atoms with Crippen LogP contribution in [0.5, 0.6) is 0 Å². The molecule has 0 bridgehead atoms. The topological polar surface area (TPSA) is 95.8 Å². The third-order valence-corrected chi connectivity index (χ3v) is 6.95. The van der Waals surface area contributed by atoms with Crippen molar-refractivity contribution in [3.8, 4) is 11.3 Å². The van der Waals surface area contributed by atoms with Gasteiger partial charge in [-0.3, -0.25) is 9.59 Å². The fourth-order valence-electron chi connectivity index (χ4n) is 3.00. The van der Waals surface area contributed by atoms with E-state index in [0.717, 1.165) is 8.99 Å². The minimum atomic E-state index is -3.51. The van der Waals surface area contributed by atoms with E-state index in [2.05, 4.69) is 5.10 Å². The van der Waals surface area contributed by atoms with Crippen LogP contribution in [0.25, 0.3) is 11.3 Å². The van der Waals surface area contributed by atoms with Crippen LogP contribution in [-0.4, -0.2) is 77.9 Å². The van der Waals surface area contributed by atoms with Gasteiger partial charge in [-0.25, -0.2) is 4.68 Å². The van der Waals surface area contributed by atoms with E-state index in [1.165, 1.54) is 29.4 Å². The summed E-state index contributed by atoms with van der Waals surface area (Å²) in [6, 6.07) is 10.0. The highest BCUT2D eigenvalue weighted by Gasteiger charge is 2.30. The maximum Gasteiger partial charge on any atom is 0.281 e. The van der Waals surface area contributed by atoms with E-state index < -0.39 is 15.8 Å². The normalized spacial score (nSPS) is 15.7. The van der Waals surface area contributed by atoms with Gasteiger partial charge in [0, 0.05) is 51.9 Å². The molecule has 11 heteroatoms. The molecule has 2 heterocycles. The molecule has 0 unspecified atom stereocenters. The molecule has 156 valence electrons. The van der Waals surface area contributed by atoms with Crippen LogP contribution in [-0.2, 0) is 21.5 Å². The molecule has 0 N–H and O–H groups in total. The number of rotatable bonds is 5.